The van der Waals surface area contributed by atoms with Crippen LogP contribution in [0.15, 0.2) is 47.5 Å². The minimum absolute atomic E-state index is 0.0550. The van der Waals surface area contributed by atoms with E-state index in [2.05, 4.69) is 9.17 Å². The molecule has 190 valence electrons. The molecule has 1 atom stereocenters. The Balaban J connectivity index is 0.00000176. The molecule has 0 amide bonds. The second kappa shape index (κ2) is 11.0. The largest absolute Gasteiger partial charge is 0.496 e. The summed E-state index contributed by atoms with van der Waals surface area (Å²) in [7, 11) is 1.54. The molecule has 0 saturated carbocycles. The Morgan fingerprint density at radius 2 is 1.39 bits per heavy atom. The Morgan fingerprint density at radius 1 is 0.806 bits per heavy atom. The highest BCUT2D eigenvalue weighted by Gasteiger charge is 2.29. The number of hydrogen-bond acceptors (Lipinski definition) is 4. The van der Waals surface area contributed by atoms with E-state index in [9.17, 15) is 26.2 Å². The molecule has 1 heterocycles. The van der Waals surface area contributed by atoms with Crippen molar-refractivity contribution in [1.82, 2.24) is 4.98 Å². The lowest BCUT2D eigenvalue weighted by atomic mass is 9.99. The number of rotatable bonds is 5. The number of halogens is 5. The van der Waals surface area contributed by atoms with Crippen LogP contribution in [0.25, 0.3) is 22.0 Å². The minimum Gasteiger partial charge on any atom is -0.496 e. The van der Waals surface area contributed by atoms with E-state index in [1.807, 2.05) is 39.8 Å². The number of hydrogen-bond donors (Lipinski definition) is 0. The molecule has 0 aliphatic rings. The lowest BCUT2D eigenvalue weighted by Gasteiger charge is -2.14. The third-order valence-corrected chi connectivity index (χ3v) is 6.28. The van der Waals surface area contributed by atoms with Gasteiger partial charge in [-0.05, 0) is 60.7 Å². The number of ether oxygens (including phenoxy) is 1. The van der Waals surface area contributed by atoms with Crippen LogP contribution in [0.1, 0.15) is 25.0 Å². The van der Waals surface area contributed by atoms with E-state index < -0.39 is 45.9 Å². The second-order valence-electron chi connectivity index (χ2n) is 7.40. The zero-order valence-electron chi connectivity index (χ0n) is 20.0. The maximum atomic E-state index is 13.9. The first-order valence-electron chi connectivity index (χ1n) is 10.8. The molecule has 0 aliphatic heterocycles. The van der Waals surface area contributed by atoms with Gasteiger partial charge in [0.15, 0.2) is 0 Å². The lowest BCUT2D eigenvalue weighted by molar-refractivity contribution is 0.352. The standard InChI is InChI=1S/C24H16F5NO3S.C2H6/c1-11-8-16(17(32-3)9-12(11)2)23-15-5-4-14(10-13(15)6-7-30-23)34(31)33-24-21(28)19(26)18(25)20(27)22(24)29;1-2/h4-10H,1-3H3;1-2H3. The van der Waals surface area contributed by atoms with Crippen molar-refractivity contribution in [3.8, 4) is 22.8 Å². The Hall–Kier alpha value is -3.53. The highest BCUT2D eigenvalue weighted by molar-refractivity contribution is 7.80. The highest BCUT2D eigenvalue weighted by Crippen LogP contribution is 2.36. The van der Waals surface area contributed by atoms with Crippen molar-refractivity contribution in [2.24, 2.45) is 0 Å². The van der Waals surface area contributed by atoms with Crippen molar-refractivity contribution in [2.45, 2.75) is 32.6 Å². The normalized spacial score (nSPS) is 11.6. The summed E-state index contributed by atoms with van der Waals surface area (Å²) in [5.41, 5.74) is 3.35. The third-order valence-electron chi connectivity index (χ3n) is 5.33. The van der Waals surface area contributed by atoms with E-state index in [0.717, 1.165) is 16.7 Å². The first-order chi connectivity index (χ1) is 17.1. The number of pyridine rings is 1. The van der Waals surface area contributed by atoms with Gasteiger partial charge >= 0.3 is 0 Å². The topological polar surface area (TPSA) is 48.4 Å². The highest BCUT2D eigenvalue weighted by atomic mass is 32.2. The van der Waals surface area contributed by atoms with Gasteiger partial charge < -0.3 is 8.92 Å². The molecule has 4 rings (SSSR count). The number of nitrogens with zero attached hydrogens (tertiary/aromatic N) is 1. The summed E-state index contributed by atoms with van der Waals surface area (Å²) < 4.78 is 90.6. The Morgan fingerprint density at radius 3 is 2.00 bits per heavy atom. The molecule has 0 radical (unpaired) electrons. The fraction of sp³-hybridized carbons (Fsp3) is 0.192. The van der Waals surface area contributed by atoms with Crippen LogP contribution in [0, 0.1) is 42.9 Å². The average molecular weight is 524 g/mol. The molecule has 1 aromatic heterocycles. The van der Waals surface area contributed by atoms with Crippen LogP contribution in [0.4, 0.5) is 22.0 Å². The molecule has 0 aliphatic carbocycles. The number of methoxy groups -OCH3 is 1. The molecule has 36 heavy (non-hydrogen) atoms. The van der Waals surface area contributed by atoms with Crippen LogP contribution >= 0.6 is 0 Å². The first-order valence-corrected chi connectivity index (χ1v) is 11.9. The van der Waals surface area contributed by atoms with Crippen molar-refractivity contribution in [1.29, 1.82) is 0 Å². The second-order valence-corrected chi connectivity index (χ2v) is 8.50. The van der Waals surface area contributed by atoms with Crippen molar-refractivity contribution >= 4 is 21.9 Å². The zero-order chi connectivity index (χ0) is 26.7. The summed E-state index contributed by atoms with van der Waals surface area (Å²) in [6.45, 7) is 7.89. The third kappa shape index (κ3) is 4.90. The lowest BCUT2D eigenvalue weighted by Crippen LogP contribution is -2.09. The molecule has 4 aromatic rings. The fourth-order valence-corrected chi connectivity index (χ4v) is 4.20. The van der Waals surface area contributed by atoms with E-state index in [-0.39, 0.29) is 4.90 Å². The van der Waals surface area contributed by atoms with Crippen LogP contribution in [0.5, 0.6) is 11.5 Å². The summed E-state index contributed by atoms with van der Waals surface area (Å²) in [5, 5.41) is 1.21. The van der Waals surface area contributed by atoms with E-state index in [0.29, 0.717) is 22.2 Å². The summed E-state index contributed by atoms with van der Waals surface area (Å²) in [4.78, 5) is 4.39. The Bertz CT molecular complexity index is 1450. The van der Waals surface area contributed by atoms with E-state index in [1.54, 1.807) is 12.1 Å². The van der Waals surface area contributed by atoms with Gasteiger partial charge in [-0.1, -0.05) is 19.9 Å². The van der Waals surface area contributed by atoms with Crippen molar-refractivity contribution < 1.29 is 35.1 Å². The summed E-state index contributed by atoms with van der Waals surface area (Å²) >= 11 is -2.58. The number of aromatic nitrogens is 1. The molecule has 1 unspecified atom stereocenters. The minimum atomic E-state index is -2.58. The molecular formula is C26H22F5NO3S. The molecule has 10 heteroatoms. The number of benzene rings is 3. The molecule has 0 saturated heterocycles. The van der Waals surface area contributed by atoms with Crippen molar-refractivity contribution in [2.75, 3.05) is 7.11 Å². The summed E-state index contributed by atoms with van der Waals surface area (Å²) in [6, 6.07) is 9.76. The van der Waals surface area contributed by atoms with Gasteiger partial charge in [0.25, 0.3) is 0 Å². The van der Waals surface area contributed by atoms with Crippen LogP contribution < -0.4 is 8.92 Å². The maximum absolute atomic E-state index is 13.9. The average Bonchev–Trinajstić information content (AvgIpc) is 2.90. The van der Waals surface area contributed by atoms with Gasteiger partial charge in [-0.25, -0.2) is 17.4 Å². The van der Waals surface area contributed by atoms with Gasteiger partial charge in [0.05, 0.1) is 17.7 Å². The molecular weight excluding hydrogens is 501 g/mol. The van der Waals surface area contributed by atoms with Crippen LogP contribution in [0.3, 0.4) is 0 Å². The Kier molecular flexibility index (Phi) is 8.29. The molecule has 0 bridgehead atoms. The quantitative estimate of drug-likeness (QED) is 0.156. The molecule has 3 aromatic carbocycles. The van der Waals surface area contributed by atoms with E-state index in [4.69, 9.17) is 4.74 Å². The zero-order valence-corrected chi connectivity index (χ0v) is 20.8. The SMILES string of the molecule is CC.COc1cc(C)c(C)cc1-c1nccc2cc(S(=O)Oc3c(F)c(F)c(F)c(F)c3F)ccc12. The van der Waals surface area contributed by atoms with Gasteiger partial charge in [-0.15, -0.1) is 0 Å². The van der Waals surface area contributed by atoms with Crippen molar-refractivity contribution in [3.63, 3.8) is 0 Å². The molecule has 4 nitrogen and oxygen atoms in total. The van der Waals surface area contributed by atoms with Crippen molar-refractivity contribution in [3.05, 3.63) is 82.8 Å². The fourth-order valence-electron chi connectivity index (χ4n) is 3.40. The maximum Gasteiger partial charge on any atom is 0.240 e. The first kappa shape index (κ1) is 27.1. The molecule has 0 spiro atoms. The van der Waals surface area contributed by atoms with Gasteiger partial charge in [-0.3, -0.25) is 4.98 Å². The molecule has 0 N–H and O–H groups in total. The molecule has 0 fully saturated rings. The van der Waals surface area contributed by atoms with Crippen LogP contribution in [-0.4, -0.2) is 16.3 Å². The van der Waals surface area contributed by atoms with Crippen LogP contribution in [-0.2, 0) is 11.1 Å². The summed E-state index contributed by atoms with van der Waals surface area (Å²) in [6.07, 6.45) is 1.52. The summed E-state index contributed by atoms with van der Waals surface area (Å²) in [5.74, 6) is -12.2. The number of aryl methyl sites for hydroxylation is 2. The predicted molar refractivity (Wildman–Crippen MR) is 128 cm³/mol. The van der Waals surface area contributed by atoms with Crippen LogP contribution in [0.2, 0.25) is 0 Å². The van der Waals surface area contributed by atoms with Gasteiger partial charge in [0, 0.05) is 17.1 Å². The monoisotopic (exact) mass is 523 g/mol. The van der Waals surface area contributed by atoms with E-state index >= 15 is 0 Å². The number of fused-ring (bicyclic) bond motifs is 1. The smallest absolute Gasteiger partial charge is 0.240 e. The van der Waals surface area contributed by atoms with E-state index in [1.165, 1.54) is 25.4 Å². The Labute approximate surface area is 207 Å². The van der Waals surface area contributed by atoms with Gasteiger partial charge in [-0.2, -0.15) is 8.78 Å². The van der Waals surface area contributed by atoms with Gasteiger partial charge in [0.2, 0.25) is 45.9 Å². The predicted octanol–water partition coefficient (Wildman–Crippen LogP) is 7.35. The van der Waals surface area contributed by atoms with Gasteiger partial charge in [0.1, 0.15) is 5.75 Å².